The number of fused-ring (bicyclic) bond motifs is 1. The Kier molecular flexibility index (Phi) is 5.37. The SMILES string of the molecule is COc1ccc([C@@H]2CNCC2Nc2nc(-c3cc(C)ccc3O)nc3ccccc23)cc1. The van der Waals surface area contributed by atoms with Crippen molar-refractivity contribution >= 4 is 16.7 Å². The van der Waals surface area contributed by atoms with Crippen LogP contribution in [0.3, 0.4) is 0 Å². The summed E-state index contributed by atoms with van der Waals surface area (Å²) in [5, 5.41) is 18.6. The van der Waals surface area contributed by atoms with Gasteiger partial charge in [0, 0.05) is 30.4 Å². The molecule has 3 aromatic carbocycles. The van der Waals surface area contributed by atoms with Crippen molar-refractivity contribution in [2.75, 3.05) is 25.5 Å². The molecule has 2 atom stereocenters. The molecule has 6 heteroatoms. The smallest absolute Gasteiger partial charge is 0.165 e. The van der Waals surface area contributed by atoms with Crippen LogP contribution in [0.25, 0.3) is 22.3 Å². The lowest BCUT2D eigenvalue weighted by Gasteiger charge is -2.22. The van der Waals surface area contributed by atoms with Gasteiger partial charge in [-0.25, -0.2) is 9.97 Å². The number of nitrogens with zero attached hydrogens (tertiary/aromatic N) is 2. The lowest BCUT2D eigenvalue weighted by molar-refractivity contribution is 0.414. The minimum Gasteiger partial charge on any atom is -0.507 e. The summed E-state index contributed by atoms with van der Waals surface area (Å²) < 4.78 is 5.31. The van der Waals surface area contributed by atoms with Gasteiger partial charge in [-0.1, -0.05) is 35.9 Å². The molecule has 1 unspecified atom stereocenters. The quantitative estimate of drug-likeness (QED) is 0.437. The van der Waals surface area contributed by atoms with E-state index in [9.17, 15) is 5.11 Å². The second-order valence-corrected chi connectivity index (χ2v) is 8.22. The molecule has 0 bridgehead atoms. The van der Waals surface area contributed by atoms with Crippen molar-refractivity contribution in [3.63, 3.8) is 0 Å². The third-order valence-corrected chi connectivity index (χ3v) is 6.08. The summed E-state index contributed by atoms with van der Waals surface area (Å²) in [6.07, 6.45) is 0. The summed E-state index contributed by atoms with van der Waals surface area (Å²) in [5.41, 5.74) is 3.77. The minimum absolute atomic E-state index is 0.167. The van der Waals surface area contributed by atoms with E-state index in [1.54, 1.807) is 13.2 Å². The molecule has 5 rings (SSSR count). The van der Waals surface area contributed by atoms with Gasteiger partial charge < -0.3 is 20.5 Å². The summed E-state index contributed by atoms with van der Waals surface area (Å²) in [6, 6.07) is 21.9. The fraction of sp³-hybridized carbons (Fsp3) is 0.231. The van der Waals surface area contributed by atoms with Crippen LogP contribution in [0.15, 0.2) is 66.7 Å². The van der Waals surface area contributed by atoms with E-state index in [0.717, 1.165) is 41.1 Å². The van der Waals surface area contributed by atoms with Gasteiger partial charge in [0.15, 0.2) is 5.82 Å². The van der Waals surface area contributed by atoms with Crippen LogP contribution in [0.4, 0.5) is 5.82 Å². The number of aromatic hydroxyl groups is 1. The first-order valence-corrected chi connectivity index (χ1v) is 10.8. The highest BCUT2D eigenvalue weighted by Crippen LogP contribution is 2.33. The van der Waals surface area contributed by atoms with Crippen LogP contribution in [-0.4, -0.2) is 41.3 Å². The number of rotatable bonds is 5. The molecule has 3 N–H and O–H groups in total. The average Bonchev–Trinajstić information content (AvgIpc) is 3.28. The maximum absolute atomic E-state index is 10.4. The number of nitrogens with one attached hydrogen (secondary N) is 2. The number of aromatic nitrogens is 2. The maximum Gasteiger partial charge on any atom is 0.165 e. The normalized spacial score (nSPS) is 18.1. The molecule has 1 aromatic heterocycles. The van der Waals surface area contributed by atoms with Crippen LogP contribution in [0, 0.1) is 6.92 Å². The Morgan fingerprint density at radius 1 is 1.00 bits per heavy atom. The third-order valence-electron chi connectivity index (χ3n) is 6.08. The van der Waals surface area contributed by atoms with Gasteiger partial charge in [-0.15, -0.1) is 0 Å². The molecule has 0 aliphatic carbocycles. The van der Waals surface area contributed by atoms with E-state index in [-0.39, 0.29) is 11.8 Å². The highest BCUT2D eigenvalue weighted by Gasteiger charge is 2.29. The van der Waals surface area contributed by atoms with E-state index in [0.29, 0.717) is 17.3 Å². The van der Waals surface area contributed by atoms with E-state index in [1.165, 1.54) is 5.56 Å². The largest absolute Gasteiger partial charge is 0.507 e. The standard InChI is InChI=1S/C26H26N4O2/c1-16-7-12-24(31)20(13-16)26-28-22-6-4-3-5-19(22)25(30-26)29-23-15-27-14-21(23)17-8-10-18(32-2)11-9-17/h3-13,21,23,27,31H,14-15H2,1-2H3,(H,28,29,30)/t21-,23?/m0/s1. The molecular weight excluding hydrogens is 400 g/mol. The number of para-hydroxylation sites is 1. The van der Waals surface area contributed by atoms with E-state index < -0.39 is 0 Å². The highest BCUT2D eigenvalue weighted by molar-refractivity contribution is 5.91. The topological polar surface area (TPSA) is 79.3 Å². The molecule has 2 heterocycles. The van der Waals surface area contributed by atoms with E-state index >= 15 is 0 Å². The van der Waals surface area contributed by atoms with Crippen molar-refractivity contribution in [3.8, 4) is 22.9 Å². The van der Waals surface area contributed by atoms with Gasteiger partial charge in [-0.05, 0) is 48.9 Å². The number of methoxy groups -OCH3 is 1. The number of phenolic OH excluding ortho intramolecular Hbond substituents is 1. The Morgan fingerprint density at radius 3 is 2.62 bits per heavy atom. The number of hydrogen-bond donors (Lipinski definition) is 3. The summed E-state index contributed by atoms with van der Waals surface area (Å²) in [6.45, 7) is 3.71. The molecule has 0 spiro atoms. The molecule has 1 aliphatic rings. The zero-order chi connectivity index (χ0) is 22.1. The van der Waals surface area contributed by atoms with Gasteiger partial charge in [0.1, 0.15) is 17.3 Å². The molecule has 1 fully saturated rings. The van der Waals surface area contributed by atoms with Crippen molar-refractivity contribution in [2.24, 2.45) is 0 Å². The lowest BCUT2D eigenvalue weighted by atomic mass is 9.94. The Labute approximate surface area is 187 Å². The first-order chi connectivity index (χ1) is 15.6. The summed E-state index contributed by atoms with van der Waals surface area (Å²) in [5.74, 6) is 2.62. The second kappa shape index (κ2) is 8.48. The van der Waals surface area contributed by atoms with Gasteiger partial charge in [0.05, 0.1) is 18.2 Å². The number of benzene rings is 3. The Balaban J connectivity index is 1.53. The number of ether oxygens (including phenoxy) is 1. The van der Waals surface area contributed by atoms with Crippen LogP contribution < -0.4 is 15.4 Å². The predicted octanol–water partition coefficient (Wildman–Crippen LogP) is 4.49. The highest BCUT2D eigenvalue weighted by atomic mass is 16.5. The summed E-state index contributed by atoms with van der Waals surface area (Å²) in [4.78, 5) is 9.60. The number of hydrogen-bond acceptors (Lipinski definition) is 6. The van der Waals surface area contributed by atoms with E-state index in [2.05, 4.69) is 22.8 Å². The Morgan fingerprint density at radius 2 is 1.81 bits per heavy atom. The van der Waals surface area contributed by atoms with Crippen molar-refractivity contribution in [2.45, 2.75) is 18.9 Å². The van der Waals surface area contributed by atoms with Gasteiger partial charge >= 0.3 is 0 Å². The molecule has 6 nitrogen and oxygen atoms in total. The molecule has 0 saturated carbocycles. The van der Waals surface area contributed by atoms with E-state index in [1.807, 2.05) is 55.5 Å². The summed E-state index contributed by atoms with van der Waals surface area (Å²) in [7, 11) is 1.68. The van der Waals surface area contributed by atoms with Gasteiger partial charge in [-0.2, -0.15) is 0 Å². The molecule has 1 saturated heterocycles. The Hall–Kier alpha value is -3.64. The van der Waals surface area contributed by atoms with Crippen LogP contribution in [-0.2, 0) is 0 Å². The monoisotopic (exact) mass is 426 g/mol. The van der Waals surface area contributed by atoms with Gasteiger partial charge in [0.2, 0.25) is 0 Å². The van der Waals surface area contributed by atoms with Crippen molar-refractivity contribution in [3.05, 3.63) is 77.9 Å². The van der Waals surface area contributed by atoms with E-state index in [4.69, 9.17) is 14.7 Å². The molecule has 162 valence electrons. The Bertz CT molecular complexity index is 1260. The fourth-order valence-corrected chi connectivity index (χ4v) is 4.34. The minimum atomic E-state index is 0.167. The molecule has 32 heavy (non-hydrogen) atoms. The molecule has 4 aromatic rings. The zero-order valence-electron chi connectivity index (χ0n) is 18.2. The zero-order valence-corrected chi connectivity index (χ0v) is 18.2. The van der Waals surface area contributed by atoms with Gasteiger partial charge in [0.25, 0.3) is 0 Å². The van der Waals surface area contributed by atoms with Gasteiger partial charge in [-0.3, -0.25) is 0 Å². The average molecular weight is 427 g/mol. The van der Waals surface area contributed by atoms with Crippen LogP contribution >= 0.6 is 0 Å². The third kappa shape index (κ3) is 3.85. The van der Waals surface area contributed by atoms with Crippen LogP contribution in [0.1, 0.15) is 17.0 Å². The van der Waals surface area contributed by atoms with Crippen LogP contribution in [0.2, 0.25) is 0 Å². The molecular formula is C26H26N4O2. The van der Waals surface area contributed by atoms with Crippen molar-refractivity contribution < 1.29 is 9.84 Å². The lowest BCUT2D eigenvalue weighted by Crippen LogP contribution is -2.27. The first-order valence-electron chi connectivity index (χ1n) is 10.8. The maximum atomic E-state index is 10.4. The second-order valence-electron chi connectivity index (χ2n) is 8.22. The first kappa shape index (κ1) is 20.3. The van der Waals surface area contributed by atoms with Crippen molar-refractivity contribution in [1.82, 2.24) is 15.3 Å². The summed E-state index contributed by atoms with van der Waals surface area (Å²) >= 11 is 0. The molecule has 1 aliphatic heterocycles. The fourth-order valence-electron chi connectivity index (χ4n) is 4.34. The van der Waals surface area contributed by atoms with Crippen LogP contribution in [0.5, 0.6) is 11.5 Å². The number of anilines is 1. The molecule has 0 amide bonds. The van der Waals surface area contributed by atoms with Crippen molar-refractivity contribution in [1.29, 1.82) is 0 Å². The number of aryl methyl sites for hydroxylation is 1. The predicted molar refractivity (Wildman–Crippen MR) is 127 cm³/mol. The molecule has 0 radical (unpaired) electrons. The number of phenols is 1.